The van der Waals surface area contributed by atoms with E-state index in [4.69, 9.17) is 4.74 Å². The second-order valence-corrected chi connectivity index (χ2v) is 5.38. The number of amides is 1. The van der Waals surface area contributed by atoms with Crippen molar-refractivity contribution < 1.29 is 23.4 Å². The fourth-order valence-electron chi connectivity index (χ4n) is 2.82. The number of halogens is 2. The van der Waals surface area contributed by atoms with Crippen molar-refractivity contribution in [3.05, 3.63) is 23.9 Å². The summed E-state index contributed by atoms with van der Waals surface area (Å²) in [7, 11) is 0. The molecule has 122 valence electrons. The Hall–Kier alpha value is -1.76. The lowest BCUT2D eigenvalue weighted by molar-refractivity contribution is 0.0396. The zero-order valence-corrected chi connectivity index (χ0v) is 12.5. The lowest BCUT2D eigenvalue weighted by Gasteiger charge is -2.36. The van der Waals surface area contributed by atoms with Gasteiger partial charge in [0.25, 0.3) is 12.3 Å². The number of hydrogen-bond donors (Lipinski definition) is 1. The lowest BCUT2D eigenvalue weighted by Crippen LogP contribution is -2.49. The fraction of sp³-hybridized carbons (Fsp3) is 0.600. The van der Waals surface area contributed by atoms with Crippen LogP contribution in [0.1, 0.15) is 36.5 Å². The Morgan fingerprint density at radius 2 is 2.36 bits per heavy atom. The van der Waals surface area contributed by atoms with Gasteiger partial charge < -0.3 is 14.7 Å². The number of carbonyl (C=O) groups is 1. The van der Waals surface area contributed by atoms with E-state index < -0.39 is 18.6 Å². The molecule has 0 aromatic carbocycles. The van der Waals surface area contributed by atoms with Gasteiger partial charge in [0.1, 0.15) is 0 Å². The average molecular weight is 314 g/mol. The van der Waals surface area contributed by atoms with Gasteiger partial charge >= 0.3 is 0 Å². The van der Waals surface area contributed by atoms with Crippen LogP contribution in [0.2, 0.25) is 0 Å². The number of nitrogens with zero attached hydrogens (tertiary/aromatic N) is 2. The SMILES string of the molecule is CCC1(CO)CCCN1C(=O)c1ccnc(OCC(F)F)c1. The molecule has 1 amide bonds. The first-order valence-electron chi connectivity index (χ1n) is 7.32. The summed E-state index contributed by atoms with van der Waals surface area (Å²) in [6.45, 7) is 1.66. The molecule has 0 aliphatic carbocycles. The van der Waals surface area contributed by atoms with Crippen LogP contribution < -0.4 is 4.74 Å². The molecule has 1 N–H and O–H groups in total. The maximum absolute atomic E-state index is 12.7. The summed E-state index contributed by atoms with van der Waals surface area (Å²) in [5, 5.41) is 9.67. The van der Waals surface area contributed by atoms with Gasteiger partial charge in [-0.05, 0) is 25.3 Å². The average Bonchev–Trinajstić information content (AvgIpc) is 2.97. The third-order valence-corrected chi connectivity index (χ3v) is 4.13. The Kier molecular flexibility index (Phi) is 5.28. The van der Waals surface area contributed by atoms with E-state index >= 15 is 0 Å². The van der Waals surface area contributed by atoms with Crippen molar-refractivity contribution in [3.8, 4) is 5.88 Å². The normalized spacial score (nSPS) is 21.4. The molecule has 0 radical (unpaired) electrons. The van der Waals surface area contributed by atoms with E-state index in [0.29, 0.717) is 18.5 Å². The smallest absolute Gasteiger partial charge is 0.272 e. The number of aliphatic hydroxyl groups is 1. The molecule has 2 heterocycles. The minimum Gasteiger partial charge on any atom is -0.472 e. The number of carbonyl (C=O) groups excluding carboxylic acids is 1. The molecule has 0 saturated carbocycles. The molecule has 1 unspecified atom stereocenters. The maximum atomic E-state index is 12.7. The van der Waals surface area contributed by atoms with Gasteiger partial charge in [-0.1, -0.05) is 6.92 Å². The van der Waals surface area contributed by atoms with Gasteiger partial charge in [-0.25, -0.2) is 13.8 Å². The van der Waals surface area contributed by atoms with Crippen LogP contribution in [0.15, 0.2) is 18.3 Å². The summed E-state index contributed by atoms with van der Waals surface area (Å²) in [4.78, 5) is 18.1. The number of ether oxygens (including phenoxy) is 1. The molecule has 1 aromatic rings. The molecular formula is C15H20F2N2O3. The molecule has 1 saturated heterocycles. The van der Waals surface area contributed by atoms with Gasteiger partial charge in [0, 0.05) is 24.4 Å². The van der Waals surface area contributed by atoms with Crippen LogP contribution in [-0.2, 0) is 0 Å². The van der Waals surface area contributed by atoms with Crippen LogP contribution in [0.4, 0.5) is 8.78 Å². The van der Waals surface area contributed by atoms with Crippen LogP contribution in [0, 0.1) is 0 Å². The predicted molar refractivity (Wildman–Crippen MR) is 76.1 cm³/mol. The predicted octanol–water partition coefficient (Wildman–Crippen LogP) is 2.10. The summed E-state index contributed by atoms with van der Waals surface area (Å²) in [5.74, 6) is -0.242. The van der Waals surface area contributed by atoms with Crippen molar-refractivity contribution in [2.75, 3.05) is 19.8 Å². The molecule has 0 spiro atoms. The Morgan fingerprint density at radius 3 is 3.00 bits per heavy atom. The molecule has 2 rings (SSSR count). The highest BCUT2D eigenvalue weighted by atomic mass is 19.3. The fourth-order valence-corrected chi connectivity index (χ4v) is 2.82. The largest absolute Gasteiger partial charge is 0.472 e. The number of aliphatic hydroxyl groups excluding tert-OH is 1. The van der Waals surface area contributed by atoms with Gasteiger partial charge in [-0.3, -0.25) is 4.79 Å². The lowest BCUT2D eigenvalue weighted by atomic mass is 9.93. The molecule has 1 atom stereocenters. The number of hydrogen-bond acceptors (Lipinski definition) is 4. The summed E-state index contributed by atoms with van der Waals surface area (Å²) >= 11 is 0. The highest BCUT2D eigenvalue weighted by Gasteiger charge is 2.41. The van der Waals surface area contributed by atoms with E-state index in [2.05, 4.69) is 4.98 Å². The van der Waals surface area contributed by atoms with Gasteiger partial charge in [-0.15, -0.1) is 0 Å². The summed E-state index contributed by atoms with van der Waals surface area (Å²) < 4.78 is 29.2. The van der Waals surface area contributed by atoms with E-state index in [-0.39, 0.29) is 18.4 Å². The molecule has 5 nitrogen and oxygen atoms in total. The van der Waals surface area contributed by atoms with Gasteiger partial charge in [-0.2, -0.15) is 0 Å². The number of pyridine rings is 1. The Balaban J connectivity index is 2.17. The van der Waals surface area contributed by atoms with Crippen molar-refractivity contribution in [2.45, 2.75) is 38.2 Å². The Labute approximate surface area is 127 Å². The molecule has 1 aliphatic heterocycles. The number of aromatic nitrogens is 1. The first-order valence-corrected chi connectivity index (χ1v) is 7.32. The van der Waals surface area contributed by atoms with Crippen LogP contribution in [0.5, 0.6) is 5.88 Å². The van der Waals surface area contributed by atoms with E-state index in [0.717, 1.165) is 12.8 Å². The minimum atomic E-state index is -2.60. The number of alkyl halides is 2. The van der Waals surface area contributed by atoms with E-state index in [1.807, 2.05) is 6.92 Å². The van der Waals surface area contributed by atoms with Crippen LogP contribution in [0.25, 0.3) is 0 Å². The first-order chi connectivity index (χ1) is 10.5. The van der Waals surface area contributed by atoms with Crippen molar-refractivity contribution in [2.24, 2.45) is 0 Å². The van der Waals surface area contributed by atoms with Crippen molar-refractivity contribution >= 4 is 5.91 Å². The summed E-state index contributed by atoms with van der Waals surface area (Å²) in [6.07, 6.45) is 1.01. The zero-order valence-electron chi connectivity index (χ0n) is 12.5. The zero-order chi connectivity index (χ0) is 16.2. The second kappa shape index (κ2) is 7.00. The van der Waals surface area contributed by atoms with Crippen LogP contribution in [0.3, 0.4) is 0 Å². The molecule has 22 heavy (non-hydrogen) atoms. The third-order valence-electron chi connectivity index (χ3n) is 4.13. The van der Waals surface area contributed by atoms with E-state index in [9.17, 15) is 18.7 Å². The number of likely N-dealkylation sites (tertiary alicyclic amines) is 1. The highest BCUT2D eigenvalue weighted by Crippen LogP contribution is 2.33. The standard InChI is InChI=1S/C15H20F2N2O3/c1-2-15(10-20)5-3-7-19(15)14(21)11-4-6-18-13(8-11)22-9-12(16)17/h4,6,8,12,20H,2-3,5,7,9-10H2,1H3. The van der Waals surface area contributed by atoms with E-state index in [1.54, 1.807) is 4.90 Å². The van der Waals surface area contributed by atoms with Crippen molar-refractivity contribution in [1.29, 1.82) is 0 Å². The van der Waals surface area contributed by atoms with Gasteiger partial charge in [0.15, 0.2) is 6.61 Å². The highest BCUT2D eigenvalue weighted by molar-refractivity contribution is 5.95. The minimum absolute atomic E-state index is 0.00329. The van der Waals surface area contributed by atoms with Crippen molar-refractivity contribution in [3.63, 3.8) is 0 Å². The second-order valence-electron chi connectivity index (χ2n) is 5.38. The molecule has 1 fully saturated rings. The van der Waals surface area contributed by atoms with Gasteiger partial charge in [0.05, 0.1) is 12.1 Å². The Bertz CT molecular complexity index is 521. The molecule has 1 aromatic heterocycles. The molecule has 1 aliphatic rings. The Morgan fingerprint density at radius 1 is 1.59 bits per heavy atom. The quantitative estimate of drug-likeness (QED) is 0.873. The van der Waals surface area contributed by atoms with Crippen LogP contribution >= 0.6 is 0 Å². The molecule has 7 heteroatoms. The van der Waals surface area contributed by atoms with Gasteiger partial charge in [0.2, 0.25) is 5.88 Å². The summed E-state index contributed by atoms with van der Waals surface area (Å²) in [5.41, 5.74) is -0.211. The first kappa shape index (κ1) is 16.6. The third kappa shape index (κ3) is 3.35. The molecular weight excluding hydrogens is 294 g/mol. The summed E-state index contributed by atoms with van der Waals surface area (Å²) in [6, 6.07) is 2.88. The topological polar surface area (TPSA) is 62.7 Å². The van der Waals surface area contributed by atoms with Crippen molar-refractivity contribution in [1.82, 2.24) is 9.88 Å². The van der Waals surface area contributed by atoms with Crippen LogP contribution in [-0.4, -0.2) is 52.6 Å². The maximum Gasteiger partial charge on any atom is 0.272 e. The number of rotatable bonds is 6. The monoisotopic (exact) mass is 314 g/mol. The molecule has 0 bridgehead atoms. The van der Waals surface area contributed by atoms with E-state index in [1.165, 1.54) is 18.3 Å².